The molecule has 20 heavy (non-hydrogen) atoms. The van der Waals surface area contributed by atoms with Gasteiger partial charge >= 0.3 is 0 Å². The highest BCUT2D eigenvalue weighted by atomic mass is 79.9. The van der Waals surface area contributed by atoms with Crippen molar-refractivity contribution in [3.63, 3.8) is 0 Å². The van der Waals surface area contributed by atoms with Crippen LogP contribution >= 0.6 is 39.1 Å². The number of sulfonamides is 1. The van der Waals surface area contributed by atoms with E-state index in [0.717, 1.165) is 19.4 Å². The molecule has 1 unspecified atom stereocenters. The lowest BCUT2D eigenvalue weighted by molar-refractivity contribution is 0.105. The van der Waals surface area contributed by atoms with Gasteiger partial charge in [0.25, 0.3) is 0 Å². The summed E-state index contributed by atoms with van der Waals surface area (Å²) >= 11 is 15.1. The zero-order chi connectivity index (χ0) is 14.8. The molecule has 1 atom stereocenters. The van der Waals surface area contributed by atoms with Crippen molar-refractivity contribution >= 4 is 49.2 Å². The second-order valence-electron chi connectivity index (χ2n) is 4.52. The van der Waals surface area contributed by atoms with E-state index < -0.39 is 10.0 Å². The molecule has 1 aromatic carbocycles. The van der Waals surface area contributed by atoms with E-state index in [1.54, 1.807) is 0 Å². The van der Waals surface area contributed by atoms with Gasteiger partial charge in [0.2, 0.25) is 10.0 Å². The monoisotopic (exact) mass is 401 g/mol. The van der Waals surface area contributed by atoms with Crippen LogP contribution < -0.4 is 4.72 Å². The lowest BCUT2D eigenvalue weighted by atomic mass is 10.2. The highest BCUT2D eigenvalue weighted by molar-refractivity contribution is 9.10. The maximum absolute atomic E-state index is 12.2. The first-order chi connectivity index (χ1) is 9.40. The fourth-order valence-electron chi connectivity index (χ4n) is 2.08. The first kappa shape index (κ1) is 16.5. The predicted molar refractivity (Wildman–Crippen MR) is 82.9 cm³/mol. The first-order valence-corrected chi connectivity index (χ1v) is 9.19. The molecule has 0 amide bonds. The second kappa shape index (κ2) is 6.94. The van der Waals surface area contributed by atoms with Crippen LogP contribution in [0.5, 0.6) is 0 Å². The summed E-state index contributed by atoms with van der Waals surface area (Å²) < 4.78 is 33.0. The number of hydrogen-bond acceptors (Lipinski definition) is 3. The molecule has 112 valence electrons. The van der Waals surface area contributed by atoms with Gasteiger partial charge in [-0.2, -0.15) is 0 Å². The van der Waals surface area contributed by atoms with Gasteiger partial charge in [-0.15, -0.1) is 0 Å². The maximum atomic E-state index is 12.2. The quantitative estimate of drug-likeness (QED) is 0.818. The Morgan fingerprint density at radius 3 is 2.55 bits per heavy atom. The van der Waals surface area contributed by atoms with Crippen molar-refractivity contribution < 1.29 is 13.2 Å². The number of ether oxygens (including phenoxy) is 1. The van der Waals surface area contributed by atoms with E-state index >= 15 is 0 Å². The van der Waals surface area contributed by atoms with Crippen LogP contribution in [0.25, 0.3) is 0 Å². The average molecular weight is 403 g/mol. The zero-order valence-corrected chi connectivity index (χ0v) is 14.4. The summed E-state index contributed by atoms with van der Waals surface area (Å²) in [4.78, 5) is -0.0867. The molecule has 1 heterocycles. The molecule has 1 fully saturated rings. The molecule has 2 rings (SSSR count). The van der Waals surface area contributed by atoms with Gasteiger partial charge in [-0.05, 0) is 31.4 Å². The minimum atomic E-state index is -3.72. The molecular weight excluding hydrogens is 389 g/mol. The van der Waals surface area contributed by atoms with Gasteiger partial charge in [-0.3, -0.25) is 0 Å². The van der Waals surface area contributed by atoms with Crippen LogP contribution in [0, 0.1) is 0 Å². The van der Waals surface area contributed by atoms with E-state index in [2.05, 4.69) is 20.7 Å². The van der Waals surface area contributed by atoms with Crippen LogP contribution in [0.1, 0.15) is 19.3 Å². The zero-order valence-electron chi connectivity index (χ0n) is 10.5. The molecule has 1 saturated heterocycles. The second-order valence-corrected chi connectivity index (χ2v) is 7.95. The number of hydrogen-bond donors (Lipinski definition) is 1. The Kier molecular flexibility index (Phi) is 5.73. The van der Waals surface area contributed by atoms with Crippen molar-refractivity contribution in [1.29, 1.82) is 0 Å². The molecule has 0 bridgehead atoms. The normalized spacial score (nSPS) is 19.4. The van der Waals surface area contributed by atoms with Crippen molar-refractivity contribution in [3.05, 3.63) is 26.7 Å². The van der Waals surface area contributed by atoms with Gasteiger partial charge in [0, 0.05) is 17.6 Å². The summed E-state index contributed by atoms with van der Waals surface area (Å²) in [5, 5.41) is 0.183. The summed E-state index contributed by atoms with van der Waals surface area (Å²) in [5.74, 6) is 0. The van der Waals surface area contributed by atoms with Gasteiger partial charge in [0.1, 0.15) is 4.90 Å². The molecule has 8 heteroatoms. The molecule has 1 aliphatic heterocycles. The van der Waals surface area contributed by atoms with Gasteiger partial charge in [0.05, 0.1) is 16.1 Å². The molecule has 0 saturated carbocycles. The van der Waals surface area contributed by atoms with Gasteiger partial charge < -0.3 is 4.74 Å². The number of rotatable bonds is 5. The van der Waals surface area contributed by atoms with E-state index in [4.69, 9.17) is 27.9 Å². The fraction of sp³-hybridized carbons (Fsp3) is 0.500. The van der Waals surface area contributed by atoms with Gasteiger partial charge in [0.15, 0.2) is 0 Å². The molecule has 0 aliphatic carbocycles. The van der Waals surface area contributed by atoms with Gasteiger partial charge in [-0.25, -0.2) is 13.1 Å². The Labute approximate surface area is 137 Å². The van der Waals surface area contributed by atoms with Crippen LogP contribution in [0.15, 0.2) is 21.5 Å². The third-order valence-corrected chi connectivity index (χ3v) is 5.85. The Morgan fingerprint density at radius 2 is 2.00 bits per heavy atom. The first-order valence-electron chi connectivity index (χ1n) is 6.16. The average Bonchev–Trinajstić information content (AvgIpc) is 2.79. The van der Waals surface area contributed by atoms with Crippen LogP contribution in [0.3, 0.4) is 0 Å². The molecule has 1 N–H and O–H groups in total. The maximum Gasteiger partial charge on any atom is 0.243 e. The van der Waals surface area contributed by atoms with Crippen molar-refractivity contribution in [2.24, 2.45) is 0 Å². The molecule has 0 radical (unpaired) electrons. The van der Waals surface area contributed by atoms with Crippen molar-refractivity contribution in [3.8, 4) is 0 Å². The minimum Gasteiger partial charge on any atom is -0.378 e. The number of halogens is 3. The lowest BCUT2D eigenvalue weighted by Gasteiger charge is -2.12. The van der Waals surface area contributed by atoms with Crippen molar-refractivity contribution in [1.82, 2.24) is 4.72 Å². The number of benzene rings is 1. The third-order valence-electron chi connectivity index (χ3n) is 3.01. The summed E-state index contributed by atoms with van der Waals surface area (Å²) in [7, 11) is -3.72. The highest BCUT2D eigenvalue weighted by Gasteiger charge is 2.23. The van der Waals surface area contributed by atoms with E-state index in [1.807, 2.05) is 0 Å². The van der Waals surface area contributed by atoms with E-state index in [9.17, 15) is 8.42 Å². The standard InChI is InChI=1S/C12H14BrCl2NO3S/c13-8-6-10(14)12(11(15)7-8)20(17,18)16-4-3-9-2-1-5-19-9/h6-7,9,16H,1-5H2. The molecule has 0 aromatic heterocycles. The SMILES string of the molecule is O=S(=O)(NCCC1CCCO1)c1c(Cl)cc(Br)cc1Cl. The summed E-state index contributed by atoms with van der Waals surface area (Å²) in [5.41, 5.74) is 0. The Hall–Kier alpha value is 0.150. The lowest BCUT2D eigenvalue weighted by Crippen LogP contribution is -2.27. The van der Waals surface area contributed by atoms with Crippen LogP contribution in [-0.2, 0) is 14.8 Å². The summed E-state index contributed by atoms with van der Waals surface area (Å²) in [6, 6.07) is 3.00. The van der Waals surface area contributed by atoms with Crippen molar-refractivity contribution in [2.75, 3.05) is 13.2 Å². The van der Waals surface area contributed by atoms with E-state index in [1.165, 1.54) is 12.1 Å². The predicted octanol–water partition coefficient (Wildman–Crippen LogP) is 3.60. The highest BCUT2D eigenvalue weighted by Crippen LogP contribution is 2.32. The minimum absolute atomic E-state index is 0.0867. The largest absolute Gasteiger partial charge is 0.378 e. The molecule has 1 aromatic rings. The molecular formula is C12H14BrCl2NO3S. The van der Waals surface area contributed by atoms with Crippen molar-refractivity contribution in [2.45, 2.75) is 30.3 Å². The smallest absolute Gasteiger partial charge is 0.243 e. The Morgan fingerprint density at radius 1 is 1.35 bits per heavy atom. The summed E-state index contributed by atoms with van der Waals surface area (Å²) in [6.45, 7) is 1.05. The van der Waals surface area contributed by atoms with Crippen LogP contribution in [-0.4, -0.2) is 27.7 Å². The molecule has 0 spiro atoms. The van der Waals surface area contributed by atoms with Gasteiger partial charge in [-0.1, -0.05) is 39.1 Å². The topological polar surface area (TPSA) is 55.4 Å². The van der Waals surface area contributed by atoms with E-state index in [0.29, 0.717) is 17.4 Å². The number of nitrogens with one attached hydrogen (secondary N) is 1. The molecule has 4 nitrogen and oxygen atoms in total. The molecule has 1 aliphatic rings. The third kappa shape index (κ3) is 4.08. The Balaban J connectivity index is 2.06. The van der Waals surface area contributed by atoms with E-state index in [-0.39, 0.29) is 21.0 Å². The van der Waals surface area contributed by atoms with Crippen LogP contribution in [0.4, 0.5) is 0 Å². The summed E-state index contributed by atoms with van der Waals surface area (Å²) in [6.07, 6.45) is 2.78. The fourth-order valence-corrected chi connectivity index (χ4v) is 5.06. The van der Waals surface area contributed by atoms with Crippen LogP contribution in [0.2, 0.25) is 10.0 Å². The Bertz CT molecular complexity index is 565.